The van der Waals surface area contributed by atoms with Crippen LogP contribution in [0.1, 0.15) is 19.3 Å². The van der Waals surface area contributed by atoms with Crippen molar-refractivity contribution in [1.29, 1.82) is 0 Å². The highest BCUT2D eigenvalue weighted by Gasteiger charge is 2.43. The van der Waals surface area contributed by atoms with Crippen LogP contribution in [-0.4, -0.2) is 55.9 Å². The second-order valence-electron chi connectivity index (χ2n) is 5.11. The van der Waals surface area contributed by atoms with Crippen LogP contribution in [0.15, 0.2) is 4.99 Å². The SMILES string of the molecule is NC(=N[C@@H]1C[C@@H]2OCCC[C@@H]21)N1CCOCC1. The lowest BCUT2D eigenvalue weighted by Gasteiger charge is -2.45. The third-order valence-corrected chi connectivity index (χ3v) is 4.09. The van der Waals surface area contributed by atoms with Gasteiger partial charge in [-0.3, -0.25) is 0 Å². The molecule has 3 aliphatic rings. The standard InChI is InChI=1S/C12H21N3O2/c13-12(15-3-6-16-7-4-15)14-10-8-11-9(10)2-1-5-17-11/h9-11H,1-8H2,(H2,13,14)/t9-,10-,11+/m1/s1. The van der Waals surface area contributed by atoms with Crippen LogP contribution in [0.25, 0.3) is 0 Å². The lowest BCUT2D eigenvalue weighted by atomic mass is 9.73. The Balaban J connectivity index is 1.57. The van der Waals surface area contributed by atoms with E-state index in [4.69, 9.17) is 15.2 Å². The maximum absolute atomic E-state index is 6.06. The first-order chi connectivity index (χ1) is 8.34. The Bertz CT molecular complexity index is 302. The summed E-state index contributed by atoms with van der Waals surface area (Å²) in [7, 11) is 0. The molecule has 96 valence electrons. The molecule has 2 N–H and O–H groups in total. The Hall–Kier alpha value is -0.810. The number of hydrogen-bond acceptors (Lipinski definition) is 3. The first-order valence-corrected chi connectivity index (χ1v) is 6.62. The molecule has 0 aromatic carbocycles. The highest BCUT2D eigenvalue weighted by molar-refractivity contribution is 5.78. The normalized spacial score (nSPS) is 38.5. The van der Waals surface area contributed by atoms with Gasteiger partial charge >= 0.3 is 0 Å². The van der Waals surface area contributed by atoms with Crippen molar-refractivity contribution in [2.24, 2.45) is 16.6 Å². The largest absolute Gasteiger partial charge is 0.378 e. The number of morpholine rings is 1. The summed E-state index contributed by atoms with van der Waals surface area (Å²) in [5, 5.41) is 0. The highest BCUT2D eigenvalue weighted by atomic mass is 16.5. The Morgan fingerprint density at radius 3 is 2.82 bits per heavy atom. The van der Waals surface area contributed by atoms with Crippen molar-refractivity contribution < 1.29 is 9.47 Å². The monoisotopic (exact) mass is 239 g/mol. The van der Waals surface area contributed by atoms with Gasteiger partial charge in [0, 0.05) is 25.6 Å². The second kappa shape index (κ2) is 4.82. The van der Waals surface area contributed by atoms with E-state index < -0.39 is 0 Å². The second-order valence-corrected chi connectivity index (χ2v) is 5.11. The Labute approximate surface area is 102 Å². The van der Waals surface area contributed by atoms with E-state index in [1.807, 2.05) is 0 Å². The summed E-state index contributed by atoms with van der Waals surface area (Å²) >= 11 is 0. The van der Waals surface area contributed by atoms with Crippen LogP contribution in [0.5, 0.6) is 0 Å². The van der Waals surface area contributed by atoms with E-state index in [1.54, 1.807) is 0 Å². The van der Waals surface area contributed by atoms with Crippen LogP contribution >= 0.6 is 0 Å². The molecule has 17 heavy (non-hydrogen) atoms. The van der Waals surface area contributed by atoms with Crippen LogP contribution in [0, 0.1) is 5.92 Å². The van der Waals surface area contributed by atoms with Crippen molar-refractivity contribution in [3.63, 3.8) is 0 Å². The number of rotatable bonds is 1. The molecule has 1 saturated carbocycles. The minimum Gasteiger partial charge on any atom is -0.378 e. The van der Waals surface area contributed by atoms with E-state index >= 15 is 0 Å². The quantitative estimate of drug-likeness (QED) is 0.524. The first-order valence-electron chi connectivity index (χ1n) is 6.62. The molecule has 0 bridgehead atoms. The van der Waals surface area contributed by atoms with Gasteiger partial charge in [-0.2, -0.15) is 0 Å². The topological polar surface area (TPSA) is 60.1 Å². The Kier molecular flexibility index (Phi) is 3.20. The minimum absolute atomic E-state index is 0.392. The Morgan fingerprint density at radius 1 is 1.24 bits per heavy atom. The molecule has 3 rings (SSSR count). The van der Waals surface area contributed by atoms with Crippen LogP contribution in [0.2, 0.25) is 0 Å². The fourth-order valence-electron chi connectivity index (χ4n) is 2.96. The molecule has 0 unspecified atom stereocenters. The zero-order valence-corrected chi connectivity index (χ0v) is 10.2. The lowest BCUT2D eigenvalue weighted by molar-refractivity contribution is -0.0940. The number of ether oxygens (including phenoxy) is 2. The van der Waals surface area contributed by atoms with Crippen molar-refractivity contribution in [2.75, 3.05) is 32.9 Å². The van der Waals surface area contributed by atoms with E-state index in [0.29, 0.717) is 24.0 Å². The first kappa shape index (κ1) is 11.3. The van der Waals surface area contributed by atoms with Crippen LogP contribution in [-0.2, 0) is 9.47 Å². The molecule has 3 atom stereocenters. The van der Waals surface area contributed by atoms with Crippen LogP contribution in [0.3, 0.4) is 0 Å². The molecule has 2 aliphatic heterocycles. The van der Waals surface area contributed by atoms with Crippen molar-refractivity contribution >= 4 is 5.96 Å². The predicted molar refractivity (Wildman–Crippen MR) is 64.9 cm³/mol. The third kappa shape index (κ3) is 2.26. The fraction of sp³-hybridized carbons (Fsp3) is 0.917. The van der Waals surface area contributed by atoms with Crippen LogP contribution < -0.4 is 5.73 Å². The van der Waals surface area contributed by atoms with Gasteiger partial charge in [0.05, 0.1) is 25.4 Å². The number of guanidine groups is 1. The molecular formula is C12H21N3O2. The summed E-state index contributed by atoms with van der Waals surface area (Å²) in [4.78, 5) is 6.80. The molecule has 0 amide bonds. The number of nitrogens with zero attached hydrogens (tertiary/aromatic N) is 2. The van der Waals surface area contributed by atoms with Gasteiger partial charge in [0.15, 0.2) is 5.96 Å². The van der Waals surface area contributed by atoms with Gasteiger partial charge in [-0.05, 0) is 19.3 Å². The molecular weight excluding hydrogens is 218 g/mol. The van der Waals surface area contributed by atoms with E-state index in [0.717, 1.165) is 39.3 Å². The van der Waals surface area contributed by atoms with Gasteiger partial charge in [0.1, 0.15) is 0 Å². The van der Waals surface area contributed by atoms with E-state index in [9.17, 15) is 0 Å². The summed E-state index contributed by atoms with van der Waals surface area (Å²) in [6, 6.07) is 0.392. The van der Waals surface area contributed by atoms with E-state index in [-0.39, 0.29) is 0 Å². The van der Waals surface area contributed by atoms with Crippen LogP contribution in [0.4, 0.5) is 0 Å². The van der Waals surface area contributed by atoms with Crippen molar-refractivity contribution in [2.45, 2.75) is 31.4 Å². The van der Waals surface area contributed by atoms with E-state index in [1.165, 1.54) is 12.8 Å². The van der Waals surface area contributed by atoms with Gasteiger partial charge in [-0.1, -0.05) is 0 Å². The predicted octanol–water partition coefficient (Wildman–Crippen LogP) is 0.201. The zero-order chi connectivity index (χ0) is 11.7. The molecule has 5 heteroatoms. The Morgan fingerprint density at radius 2 is 2.06 bits per heavy atom. The smallest absolute Gasteiger partial charge is 0.191 e. The lowest BCUT2D eigenvalue weighted by Crippen LogP contribution is -2.51. The molecule has 1 aliphatic carbocycles. The summed E-state index contributed by atoms with van der Waals surface area (Å²) in [6.07, 6.45) is 3.92. The van der Waals surface area contributed by atoms with E-state index in [2.05, 4.69) is 9.89 Å². The summed E-state index contributed by atoms with van der Waals surface area (Å²) in [5.41, 5.74) is 6.06. The van der Waals surface area contributed by atoms with Gasteiger partial charge in [-0.15, -0.1) is 0 Å². The molecule has 3 fully saturated rings. The maximum Gasteiger partial charge on any atom is 0.191 e. The fourth-order valence-corrected chi connectivity index (χ4v) is 2.96. The van der Waals surface area contributed by atoms with Crippen molar-refractivity contribution in [3.05, 3.63) is 0 Å². The average Bonchev–Trinajstić information content (AvgIpc) is 2.37. The minimum atomic E-state index is 0.392. The number of nitrogens with two attached hydrogens (primary N) is 1. The molecule has 0 aromatic heterocycles. The number of fused-ring (bicyclic) bond motifs is 1. The van der Waals surface area contributed by atoms with Gasteiger partial charge < -0.3 is 20.1 Å². The third-order valence-electron chi connectivity index (χ3n) is 4.09. The van der Waals surface area contributed by atoms with Gasteiger partial charge in [0.2, 0.25) is 0 Å². The zero-order valence-electron chi connectivity index (χ0n) is 10.2. The number of hydrogen-bond donors (Lipinski definition) is 1. The van der Waals surface area contributed by atoms with Crippen molar-refractivity contribution in [1.82, 2.24) is 4.90 Å². The summed E-state index contributed by atoms with van der Waals surface area (Å²) in [6.45, 7) is 4.18. The maximum atomic E-state index is 6.06. The van der Waals surface area contributed by atoms with Crippen molar-refractivity contribution in [3.8, 4) is 0 Å². The molecule has 2 saturated heterocycles. The summed E-state index contributed by atoms with van der Waals surface area (Å²) < 4.78 is 11.0. The molecule has 2 heterocycles. The van der Waals surface area contributed by atoms with Gasteiger partial charge in [-0.25, -0.2) is 4.99 Å². The molecule has 5 nitrogen and oxygen atoms in total. The number of aliphatic imine (C=N–C) groups is 1. The molecule has 0 spiro atoms. The molecule has 0 radical (unpaired) electrons. The summed E-state index contributed by atoms with van der Waals surface area (Å²) in [5.74, 6) is 1.31. The average molecular weight is 239 g/mol. The molecule has 0 aromatic rings. The van der Waals surface area contributed by atoms with Gasteiger partial charge in [0.25, 0.3) is 0 Å². The highest BCUT2D eigenvalue weighted by Crippen LogP contribution is 2.39.